The van der Waals surface area contributed by atoms with E-state index in [1.54, 1.807) is 31.1 Å². The van der Waals surface area contributed by atoms with Gasteiger partial charge in [-0.2, -0.15) is 0 Å². The molecule has 9 heteroatoms. The lowest BCUT2D eigenvalue weighted by atomic mass is 9.86. The number of carbonyl (C=O) groups excluding carboxylic acids is 2. The standard InChI is InChI=1S/C19H26N6O3/c1-12(2)16-20-9-14(10-21-16)17(26)25-8-6-5-7-19(25,4)18(27)22-11-15-13(3)23-28-24-15/h9-10,12H,5-8,11H2,1-4H3,(H,22,27). The first-order chi connectivity index (χ1) is 13.3. The van der Waals surface area contributed by atoms with E-state index < -0.39 is 5.54 Å². The summed E-state index contributed by atoms with van der Waals surface area (Å²) in [6, 6.07) is 0. The Kier molecular flexibility index (Phi) is 5.71. The molecule has 1 N–H and O–H groups in total. The molecule has 1 aliphatic rings. The van der Waals surface area contributed by atoms with Crippen LogP contribution in [0.25, 0.3) is 0 Å². The first-order valence-electron chi connectivity index (χ1n) is 9.53. The third-order valence-electron chi connectivity index (χ3n) is 5.22. The summed E-state index contributed by atoms with van der Waals surface area (Å²) in [4.78, 5) is 36.3. The van der Waals surface area contributed by atoms with E-state index in [9.17, 15) is 9.59 Å². The second-order valence-electron chi connectivity index (χ2n) is 7.65. The van der Waals surface area contributed by atoms with E-state index in [4.69, 9.17) is 0 Å². The molecule has 150 valence electrons. The maximum absolute atomic E-state index is 13.1. The Hall–Kier alpha value is -2.84. The highest BCUT2D eigenvalue weighted by molar-refractivity contribution is 5.98. The topological polar surface area (TPSA) is 114 Å². The molecular formula is C19H26N6O3. The molecule has 1 aliphatic heterocycles. The minimum absolute atomic E-state index is 0.185. The van der Waals surface area contributed by atoms with E-state index in [2.05, 4.69) is 30.2 Å². The van der Waals surface area contributed by atoms with E-state index in [1.807, 2.05) is 13.8 Å². The SMILES string of the molecule is Cc1nonc1CNC(=O)C1(C)CCCCN1C(=O)c1cnc(C(C)C)nc1. The van der Waals surface area contributed by atoms with Crippen LogP contribution in [0.4, 0.5) is 0 Å². The summed E-state index contributed by atoms with van der Waals surface area (Å²) in [5.74, 6) is 0.423. The molecule has 1 atom stereocenters. The normalized spacial score (nSPS) is 19.7. The highest BCUT2D eigenvalue weighted by Gasteiger charge is 2.44. The first kappa shape index (κ1) is 19.9. The minimum Gasteiger partial charge on any atom is -0.348 e. The summed E-state index contributed by atoms with van der Waals surface area (Å²) >= 11 is 0. The fourth-order valence-electron chi connectivity index (χ4n) is 3.35. The smallest absolute Gasteiger partial charge is 0.257 e. The molecule has 1 unspecified atom stereocenters. The number of hydrogen-bond acceptors (Lipinski definition) is 7. The summed E-state index contributed by atoms with van der Waals surface area (Å²) in [5, 5.41) is 10.4. The van der Waals surface area contributed by atoms with Crippen LogP contribution in [0.15, 0.2) is 17.0 Å². The Morgan fingerprint density at radius 3 is 2.57 bits per heavy atom. The van der Waals surface area contributed by atoms with Crippen LogP contribution in [0.5, 0.6) is 0 Å². The Labute approximate surface area is 163 Å². The molecule has 0 saturated carbocycles. The molecule has 0 aliphatic carbocycles. The van der Waals surface area contributed by atoms with E-state index in [0.29, 0.717) is 35.7 Å². The summed E-state index contributed by atoms with van der Waals surface area (Å²) in [6.07, 6.45) is 5.41. The number of nitrogens with one attached hydrogen (secondary N) is 1. The summed E-state index contributed by atoms with van der Waals surface area (Å²) < 4.78 is 4.66. The van der Waals surface area contributed by atoms with Crippen molar-refractivity contribution in [3.05, 3.63) is 35.2 Å². The zero-order chi connectivity index (χ0) is 20.3. The molecule has 1 fully saturated rings. The van der Waals surface area contributed by atoms with Crippen LogP contribution >= 0.6 is 0 Å². The molecule has 0 aromatic carbocycles. The van der Waals surface area contributed by atoms with Gasteiger partial charge in [-0.25, -0.2) is 14.6 Å². The van der Waals surface area contributed by atoms with Gasteiger partial charge in [-0.15, -0.1) is 0 Å². The van der Waals surface area contributed by atoms with Crippen molar-refractivity contribution in [1.82, 2.24) is 30.5 Å². The van der Waals surface area contributed by atoms with Crippen molar-refractivity contribution in [2.45, 2.75) is 65.0 Å². The van der Waals surface area contributed by atoms with Gasteiger partial charge in [-0.1, -0.05) is 24.2 Å². The number of amides is 2. The van der Waals surface area contributed by atoms with Crippen LogP contribution in [0.2, 0.25) is 0 Å². The van der Waals surface area contributed by atoms with E-state index in [1.165, 1.54) is 0 Å². The number of nitrogens with zero attached hydrogens (tertiary/aromatic N) is 5. The van der Waals surface area contributed by atoms with Gasteiger partial charge in [0.05, 0.1) is 12.1 Å². The second kappa shape index (κ2) is 8.04. The van der Waals surface area contributed by atoms with Crippen LogP contribution in [0, 0.1) is 6.92 Å². The van der Waals surface area contributed by atoms with Gasteiger partial charge in [0.1, 0.15) is 22.8 Å². The Bertz CT molecular complexity index is 848. The first-order valence-corrected chi connectivity index (χ1v) is 9.53. The maximum Gasteiger partial charge on any atom is 0.257 e. The van der Waals surface area contributed by atoms with Crippen LogP contribution in [-0.2, 0) is 11.3 Å². The second-order valence-corrected chi connectivity index (χ2v) is 7.65. The number of hydrogen-bond donors (Lipinski definition) is 1. The van der Waals surface area contributed by atoms with E-state index >= 15 is 0 Å². The van der Waals surface area contributed by atoms with Crippen molar-refractivity contribution in [2.75, 3.05) is 6.54 Å². The third kappa shape index (κ3) is 3.88. The Balaban J connectivity index is 1.76. The van der Waals surface area contributed by atoms with Crippen molar-refractivity contribution >= 4 is 11.8 Å². The zero-order valence-electron chi connectivity index (χ0n) is 16.7. The van der Waals surface area contributed by atoms with Crippen molar-refractivity contribution in [3.8, 4) is 0 Å². The van der Waals surface area contributed by atoms with E-state index in [0.717, 1.165) is 12.8 Å². The minimum atomic E-state index is -0.947. The quantitative estimate of drug-likeness (QED) is 0.836. The molecule has 0 bridgehead atoms. The number of likely N-dealkylation sites (tertiary alicyclic amines) is 1. The zero-order valence-corrected chi connectivity index (χ0v) is 16.7. The molecule has 1 saturated heterocycles. The van der Waals surface area contributed by atoms with Crippen molar-refractivity contribution in [3.63, 3.8) is 0 Å². The number of piperidine rings is 1. The molecule has 2 aromatic rings. The van der Waals surface area contributed by atoms with Gasteiger partial charge in [-0.05, 0) is 33.1 Å². The van der Waals surface area contributed by atoms with Gasteiger partial charge in [0.15, 0.2) is 0 Å². The molecule has 0 radical (unpaired) electrons. The molecule has 0 spiro atoms. The molecule has 3 rings (SSSR count). The Morgan fingerprint density at radius 1 is 1.25 bits per heavy atom. The van der Waals surface area contributed by atoms with E-state index in [-0.39, 0.29) is 24.3 Å². The highest BCUT2D eigenvalue weighted by Crippen LogP contribution is 2.30. The molecular weight excluding hydrogens is 360 g/mol. The summed E-state index contributed by atoms with van der Waals surface area (Å²) in [6.45, 7) is 8.27. The highest BCUT2D eigenvalue weighted by atomic mass is 16.6. The van der Waals surface area contributed by atoms with Gasteiger partial charge in [-0.3, -0.25) is 9.59 Å². The van der Waals surface area contributed by atoms with Crippen LogP contribution in [0.3, 0.4) is 0 Å². The molecule has 3 heterocycles. The van der Waals surface area contributed by atoms with Gasteiger partial charge in [0.25, 0.3) is 5.91 Å². The number of aryl methyl sites for hydroxylation is 1. The lowest BCUT2D eigenvalue weighted by molar-refractivity contribution is -0.133. The fraction of sp³-hybridized carbons (Fsp3) is 0.579. The largest absolute Gasteiger partial charge is 0.348 e. The predicted molar refractivity (Wildman–Crippen MR) is 100 cm³/mol. The van der Waals surface area contributed by atoms with Gasteiger partial charge >= 0.3 is 0 Å². The third-order valence-corrected chi connectivity index (χ3v) is 5.22. The lowest BCUT2D eigenvalue weighted by Gasteiger charge is -2.43. The Morgan fingerprint density at radius 2 is 1.96 bits per heavy atom. The summed E-state index contributed by atoms with van der Waals surface area (Å²) in [5.41, 5.74) is 0.645. The number of carbonyl (C=O) groups is 2. The van der Waals surface area contributed by atoms with Gasteiger partial charge in [0.2, 0.25) is 5.91 Å². The molecule has 2 aromatic heterocycles. The van der Waals surface area contributed by atoms with Crippen molar-refractivity contribution < 1.29 is 14.2 Å². The predicted octanol–water partition coefficient (Wildman–Crippen LogP) is 1.99. The molecule has 9 nitrogen and oxygen atoms in total. The van der Waals surface area contributed by atoms with Crippen molar-refractivity contribution in [2.24, 2.45) is 0 Å². The summed E-state index contributed by atoms with van der Waals surface area (Å²) in [7, 11) is 0. The fourth-order valence-corrected chi connectivity index (χ4v) is 3.35. The maximum atomic E-state index is 13.1. The van der Waals surface area contributed by atoms with Gasteiger partial charge in [0, 0.05) is 24.9 Å². The molecule has 28 heavy (non-hydrogen) atoms. The number of aromatic nitrogens is 4. The van der Waals surface area contributed by atoms with Crippen LogP contribution in [0.1, 0.15) is 73.5 Å². The lowest BCUT2D eigenvalue weighted by Crippen LogP contribution is -2.60. The van der Waals surface area contributed by atoms with Crippen molar-refractivity contribution in [1.29, 1.82) is 0 Å². The van der Waals surface area contributed by atoms with Crippen LogP contribution < -0.4 is 5.32 Å². The average Bonchev–Trinajstić information content (AvgIpc) is 3.10. The van der Waals surface area contributed by atoms with Gasteiger partial charge < -0.3 is 10.2 Å². The molecule has 2 amide bonds. The van der Waals surface area contributed by atoms with Crippen LogP contribution in [-0.4, -0.2) is 49.1 Å². The average molecular weight is 386 g/mol. The monoisotopic (exact) mass is 386 g/mol. The number of rotatable bonds is 5.